The van der Waals surface area contributed by atoms with E-state index in [4.69, 9.17) is 4.52 Å². The normalized spacial score (nSPS) is 19.1. The molecule has 0 radical (unpaired) electrons. The first-order chi connectivity index (χ1) is 9.15. The Bertz CT molecular complexity index is 602. The molecule has 0 unspecified atom stereocenters. The number of hydrogen-bond acceptors (Lipinski definition) is 4. The summed E-state index contributed by atoms with van der Waals surface area (Å²) in [6.07, 6.45) is 1.98. The summed E-state index contributed by atoms with van der Waals surface area (Å²) in [4.78, 5) is 16.4. The molecule has 0 aliphatic carbocycles. The van der Waals surface area contributed by atoms with Crippen LogP contribution in [0.3, 0.4) is 0 Å². The van der Waals surface area contributed by atoms with E-state index in [0.717, 1.165) is 40.6 Å². The summed E-state index contributed by atoms with van der Waals surface area (Å²) < 4.78 is 5.13. The first-order valence-corrected chi connectivity index (χ1v) is 7.27. The van der Waals surface area contributed by atoms with E-state index in [1.165, 1.54) is 0 Å². The molecule has 4 nitrogen and oxygen atoms in total. The molecule has 0 bridgehead atoms. The standard InChI is InChI=1S/C14H16N2O2S/c1-9-8-11(15-18-9)12-4-3-7-16(12)14(17)13-6-5-10(2)19-13/h5-6,8,12H,3-4,7H2,1-2H3/t12-/m1/s1. The van der Waals surface area contributed by atoms with Crippen LogP contribution in [0.5, 0.6) is 0 Å². The van der Waals surface area contributed by atoms with Crippen molar-refractivity contribution in [2.75, 3.05) is 6.54 Å². The van der Waals surface area contributed by atoms with Gasteiger partial charge >= 0.3 is 0 Å². The molecule has 5 heteroatoms. The number of rotatable bonds is 2. The monoisotopic (exact) mass is 276 g/mol. The third-order valence-electron chi connectivity index (χ3n) is 3.45. The molecule has 3 heterocycles. The third kappa shape index (κ3) is 2.30. The maximum Gasteiger partial charge on any atom is 0.264 e. The van der Waals surface area contributed by atoms with Gasteiger partial charge in [-0.3, -0.25) is 4.79 Å². The van der Waals surface area contributed by atoms with Gasteiger partial charge in [0, 0.05) is 17.5 Å². The largest absolute Gasteiger partial charge is 0.361 e. The number of nitrogens with zero attached hydrogens (tertiary/aromatic N) is 2. The number of carbonyl (C=O) groups is 1. The maximum absolute atomic E-state index is 12.5. The first kappa shape index (κ1) is 12.4. The van der Waals surface area contributed by atoms with Crippen LogP contribution in [0.15, 0.2) is 22.7 Å². The minimum Gasteiger partial charge on any atom is -0.361 e. The quantitative estimate of drug-likeness (QED) is 0.845. The lowest BCUT2D eigenvalue weighted by Gasteiger charge is -2.22. The lowest BCUT2D eigenvalue weighted by atomic mass is 10.1. The van der Waals surface area contributed by atoms with Crippen molar-refractivity contribution in [1.29, 1.82) is 0 Å². The van der Waals surface area contributed by atoms with Gasteiger partial charge in [-0.1, -0.05) is 5.16 Å². The van der Waals surface area contributed by atoms with Crippen LogP contribution in [0.1, 0.15) is 44.9 Å². The molecule has 19 heavy (non-hydrogen) atoms. The molecule has 2 aromatic rings. The molecule has 0 aromatic carbocycles. The zero-order valence-electron chi connectivity index (χ0n) is 11.0. The second-order valence-electron chi connectivity index (χ2n) is 4.93. The fraction of sp³-hybridized carbons (Fsp3) is 0.429. The van der Waals surface area contributed by atoms with E-state index in [0.29, 0.717) is 0 Å². The Balaban J connectivity index is 1.85. The molecule has 3 rings (SSSR count). The van der Waals surface area contributed by atoms with Crippen molar-refractivity contribution >= 4 is 17.2 Å². The molecule has 1 aliphatic heterocycles. The molecular weight excluding hydrogens is 260 g/mol. The number of aromatic nitrogens is 1. The molecule has 100 valence electrons. The Hall–Kier alpha value is -1.62. The Morgan fingerprint density at radius 2 is 2.32 bits per heavy atom. The van der Waals surface area contributed by atoms with Gasteiger partial charge in [0.1, 0.15) is 11.5 Å². The van der Waals surface area contributed by atoms with Crippen LogP contribution >= 0.6 is 11.3 Å². The highest BCUT2D eigenvalue weighted by Crippen LogP contribution is 2.33. The van der Waals surface area contributed by atoms with Crippen molar-refractivity contribution in [1.82, 2.24) is 10.1 Å². The first-order valence-electron chi connectivity index (χ1n) is 6.46. The predicted molar refractivity (Wildman–Crippen MR) is 73.3 cm³/mol. The van der Waals surface area contributed by atoms with Crippen LogP contribution in [0.25, 0.3) is 0 Å². The van der Waals surface area contributed by atoms with E-state index in [1.54, 1.807) is 11.3 Å². The molecule has 0 N–H and O–H groups in total. The van der Waals surface area contributed by atoms with Crippen molar-refractivity contribution in [3.8, 4) is 0 Å². The fourth-order valence-corrected chi connectivity index (χ4v) is 3.37. The fourth-order valence-electron chi connectivity index (χ4n) is 2.55. The van der Waals surface area contributed by atoms with Crippen molar-refractivity contribution in [3.05, 3.63) is 39.4 Å². The Morgan fingerprint density at radius 3 is 2.95 bits per heavy atom. The summed E-state index contributed by atoms with van der Waals surface area (Å²) in [6.45, 7) is 4.69. The zero-order chi connectivity index (χ0) is 13.4. The van der Waals surface area contributed by atoms with Crippen LogP contribution in [0.2, 0.25) is 0 Å². The van der Waals surface area contributed by atoms with E-state index >= 15 is 0 Å². The average Bonchev–Trinajstić information content (AvgIpc) is 3.07. The number of aryl methyl sites for hydroxylation is 2. The van der Waals surface area contributed by atoms with Crippen molar-refractivity contribution in [3.63, 3.8) is 0 Å². The van der Waals surface area contributed by atoms with Crippen LogP contribution in [-0.4, -0.2) is 22.5 Å². The highest BCUT2D eigenvalue weighted by atomic mass is 32.1. The summed E-state index contributed by atoms with van der Waals surface area (Å²) in [5.74, 6) is 0.905. The number of thiophene rings is 1. The number of amides is 1. The summed E-state index contributed by atoms with van der Waals surface area (Å²) in [6, 6.07) is 5.89. The number of hydrogen-bond donors (Lipinski definition) is 0. The van der Waals surface area contributed by atoms with E-state index in [1.807, 2.05) is 36.9 Å². The summed E-state index contributed by atoms with van der Waals surface area (Å²) in [7, 11) is 0. The van der Waals surface area contributed by atoms with Crippen molar-refractivity contribution in [2.24, 2.45) is 0 Å². The predicted octanol–water partition coefficient (Wildman–Crippen LogP) is 3.33. The van der Waals surface area contributed by atoms with Gasteiger partial charge in [0.2, 0.25) is 0 Å². The molecular formula is C14H16N2O2S. The van der Waals surface area contributed by atoms with Crippen molar-refractivity contribution < 1.29 is 9.32 Å². The molecule has 2 aromatic heterocycles. The van der Waals surface area contributed by atoms with E-state index in [9.17, 15) is 4.79 Å². The van der Waals surface area contributed by atoms with Crippen LogP contribution in [-0.2, 0) is 0 Å². The molecule has 0 saturated carbocycles. The van der Waals surface area contributed by atoms with Gasteiger partial charge in [-0.2, -0.15) is 0 Å². The number of carbonyl (C=O) groups excluding carboxylic acids is 1. The molecule has 1 atom stereocenters. The minimum atomic E-state index is 0.0624. The number of likely N-dealkylation sites (tertiary alicyclic amines) is 1. The molecule has 1 fully saturated rings. The van der Waals surface area contributed by atoms with Gasteiger partial charge in [-0.15, -0.1) is 11.3 Å². The van der Waals surface area contributed by atoms with Gasteiger partial charge in [0.25, 0.3) is 5.91 Å². The second kappa shape index (κ2) is 4.81. The molecule has 1 amide bonds. The summed E-state index contributed by atoms with van der Waals surface area (Å²) >= 11 is 1.55. The maximum atomic E-state index is 12.5. The van der Waals surface area contributed by atoms with Gasteiger partial charge in [0.05, 0.1) is 10.9 Å². The molecule has 0 spiro atoms. The molecule has 1 saturated heterocycles. The SMILES string of the molecule is Cc1cc([C@H]2CCCN2C(=O)c2ccc(C)s2)no1. The van der Waals surface area contributed by atoms with Crippen LogP contribution < -0.4 is 0 Å². The minimum absolute atomic E-state index is 0.0624. The Morgan fingerprint density at radius 1 is 1.47 bits per heavy atom. The zero-order valence-corrected chi connectivity index (χ0v) is 11.9. The molecule has 1 aliphatic rings. The summed E-state index contributed by atoms with van der Waals surface area (Å²) in [5.41, 5.74) is 0.872. The van der Waals surface area contributed by atoms with Gasteiger partial charge in [-0.05, 0) is 38.8 Å². The van der Waals surface area contributed by atoms with Gasteiger partial charge < -0.3 is 9.42 Å². The second-order valence-corrected chi connectivity index (χ2v) is 6.22. The highest BCUT2D eigenvalue weighted by molar-refractivity contribution is 7.13. The third-order valence-corrected chi connectivity index (χ3v) is 4.44. The average molecular weight is 276 g/mol. The highest BCUT2D eigenvalue weighted by Gasteiger charge is 2.33. The topological polar surface area (TPSA) is 46.3 Å². The van der Waals surface area contributed by atoms with Gasteiger partial charge in [-0.25, -0.2) is 0 Å². The van der Waals surface area contributed by atoms with Crippen molar-refractivity contribution in [2.45, 2.75) is 32.7 Å². The Kier molecular flexibility index (Phi) is 3.14. The van der Waals surface area contributed by atoms with E-state index < -0.39 is 0 Å². The van der Waals surface area contributed by atoms with E-state index in [-0.39, 0.29) is 11.9 Å². The Labute approximate surface area is 116 Å². The van der Waals surface area contributed by atoms with Crippen LogP contribution in [0, 0.1) is 13.8 Å². The smallest absolute Gasteiger partial charge is 0.264 e. The lowest BCUT2D eigenvalue weighted by molar-refractivity contribution is 0.0736. The lowest BCUT2D eigenvalue weighted by Crippen LogP contribution is -2.30. The van der Waals surface area contributed by atoms with E-state index in [2.05, 4.69) is 5.16 Å². The summed E-state index contributed by atoms with van der Waals surface area (Å²) in [5, 5.41) is 4.06. The van der Waals surface area contributed by atoms with Crippen LogP contribution in [0.4, 0.5) is 0 Å². The van der Waals surface area contributed by atoms with Gasteiger partial charge in [0.15, 0.2) is 0 Å².